The number of nitrogens with zero attached hydrogens (tertiary/aromatic N) is 1. The van der Waals surface area contributed by atoms with Crippen LogP contribution in [0.2, 0.25) is 0 Å². The number of alkyl halides is 3. The molecule has 33 heavy (non-hydrogen) atoms. The first-order valence-electron chi connectivity index (χ1n) is 10.7. The molecule has 1 aliphatic heterocycles. The summed E-state index contributed by atoms with van der Waals surface area (Å²) in [7, 11) is 0. The molecule has 0 aliphatic carbocycles. The second-order valence-electron chi connectivity index (χ2n) is 8.62. The van der Waals surface area contributed by atoms with Crippen LogP contribution in [0.5, 0.6) is 0 Å². The first-order chi connectivity index (χ1) is 15.5. The lowest BCUT2D eigenvalue weighted by molar-refractivity contribution is -0.139. The van der Waals surface area contributed by atoms with E-state index in [9.17, 15) is 23.1 Å². The van der Waals surface area contributed by atoms with E-state index in [1.807, 2.05) is 31.2 Å². The summed E-state index contributed by atoms with van der Waals surface area (Å²) in [5, 5.41) is 9.32. The SMILES string of the molecule is C=C(C)C(=C)[C@H](c1ccc(I)cc1)N1CC[C@@H](CC(=O)O)C[C@H]1c1ccc(C(F)(F)F)cc1. The van der Waals surface area contributed by atoms with Crippen LogP contribution in [0.25, 0.3) is 0 Å². The van der Waals surface area contributed by atoms with Crippen molar-refractivity contribution < 1.29 is 23.1 Å². The van der Waals surface area contributed by atoms with Gasteiger partial charge in [-0.25, -0.2) is 0 Å². The molecule has 3 nitrogen and oxygen atoms in total. The molecule has 1 heterocycles. The van der Waals surface area contributed by atoms with Crippen LogP contribution < -0.4 is 0 Å². The summed E-state index contributed by atoms with van der Waals surface area (Å²) in [6, 6.07) is 12.9. The predicted molar refractivity (Wildman–Crippen MR) is 132 cm³/mol. The fourth-order valence-corrected chi connectivity index (χ4v) is 4.85. The van der Waals surface area contributed by atoms with Crippen molar-refractivity contribution in [2.24, 2.45) is 5.92 Å². The van der Waals surface area contributed by atoms with E-state index in [1.54, 1.807) is 0 Å². The molecule has 1 N–H and O–H groups in total. The van der Waals surface area contributed by atoms with E-state index in [1.165, 1.54) is 12.1 Å². The fraction of sp³-hybridized carbons (Fsp3) is 0.346. The van der Waals surface area contributed by atoms with Gasteiger partial charge in [-0.3, -0.25) is 9.69 Å². The van der Waals surface area contributed by atoms with Crippen molar-refractivity contribution >= 4 is 28.6 Å². The Morgan fingerprint density at radius 2 is 1.76 bits per heavy atom. The minimum Gasteiger partial charge on any atom is -0.481 e. The Kier molecular flexibility index (Phi) is 8.05. The highest BCUT2D eigenvalue weighted by Gasteiger charge is 2.37. The summed E-state index contributed by atoms with van der Waals surface area (Å²) < 4.78 is 40.5. The van der Waals surface area contributed by atoms with Crippen molar-refractivity contribution in [3.8, 4) is 0 Å². The van der Waals surface area contributed by atoms with Crippen LogP contribution in [-0.4, -0.2) is 22.5 Å². The lowest BCUT2D eigenvalue weighted by Crippen LogP contribution is -2.40. The maximum atomic E-state index is 13.1. The molecule has 2 aromatic carbocycles. The summed E-state index contributed by atoms with van der Waals surface area (Å²) in [4.78, 5) is 13.6. The molecule has 1 aliphatic rings. The van der Waals surface area contributed by atoms with Crippen molar-refractivity contribution in [2.75, 3.05) is 6.54 Å². The highest BCUT2D eigenvalue weighted by atomic mass is 127. The number of hydrogen-bond donors (Lipinski definition) is 1. The van der Waals surface area contributed by atoms with E-state index in [-0.39, 0.29) is 24.4 Å². The Labute approximate surface area is 206 Å². The number of rotatable bonds is 7. The van der Waals surface area contributed by atoms with E-state index in [4.69, 9.17) is 0 Å². The lowest BCUT2D eigenvalue weighted by Gasteiger charge is -2.45. The van der Waals surface area contributed by atoms with Gasteiger partial charge in [0.05, 0.1) is 11.6 Å². The molecule has 3 atom stereocenters. The van der Waals surface area contributed by atoms with Crippen LogP contribution >= 0.6 is 22.6 Å². The normalized spacial score (nSPS) is 20.3. The van der Waals surface area contributed by atoms with Gasteiger partial charge in [-0.05, 0) is 95.8 Å². The zero-order valence-electron chi connectivity index (χ0n) is 18.4. The number of likely N-dealkylation sites (tertiary alicyclic amines) is 1. The minimum atomic E-state index is -4.41. The molecule has 0 unspecified atom stereocenters. The van der Waals surface area contributed by atoms with Gasteiger partial charge in [0.25, 0.3) is 0 Å². The van der Waals surface area contributed by atoms with Crippen molar-refractivity contribution in [1.82, 2.24) is 4.90 Å². The average molecular weight is 569 g/mol. The number of carboxylic acids is 1. The summed E-state index contributed by atoms with van der Waals surface area (Å²) in [5.74, 6) is -0.915. The quantitative estimate of drug-likeness (QED) is 0.279. The van der Waals surface area contributed by atoms with Crippen LogP contribution in [0, 0.1) is 9.49 Å². The third-order valence-corrected chi connectivity index (χ3v) is 6.95. The van der Waals surface area contributed by atoms with Crippen molar-refractivity contribution in [2.45, 2.75) is 44.4 Å². The van der Waals surface area contributed by atoms with Gasteiger partial charge in [0, 0.05) is 16.0 Å². The maximum Gasteiger partial charge on any atom is 0.416 e. The molecule has 7 heteroatoms. The van der Waals surface area contributed by atoms with Crippen LogP contribution in [-0.2, 0) is 11.0 Å². The Bertz CT molecular complexity index is 1020. The third kappa shape index (κ3) is 6.26. The molecular weight excluding hydrogens is 542 g/mol. The van der Waals surface area contributed by atoms with Gasteiger partial charge >= 0.3 is 12.1 Å². The molecule has 0 amide bonds. The molecule has 0 bridgehead atoms. The number of hydrogen-bond acceptors (Lipinski definition) is 2. The molecule has 1 fully saturated rings. The van der Waals surface area contributed by atoms with Crippen LogP contribution in [0.4, 0.5) is 13.2 Å². The highest BCUT2D eigenvalue weighted by Crippen LogP contribution is 2.44. The average Bonchev–Trinajstić information content (AvgIpc) is 2.75. The number of piperidine rings is 1. The second kappa shape index (κ2) is 10.4. The zero-order chi connectivity index (χ0) is 24.3. The van der Waals surface area contributed by atoms with Crippen LogP contribution in [0.15, 0.2) is 72.8 Å². The van der Waals surface area contributed by atoms with Crippen molar-refractivity contribution in [3.05, 3.63) is 93.1 Å². The first-order valence-corrected chi connectivity index (χ1v) is 11.8. The fourth-order valence-electron chi connectivity index (χ4n) is 4.49. The number of carboxylic acid groups (broad SMARTS) is 1. The molecule has 176 valence electrons. The Hall–Kier alpha value is -2.13. The lowest BCUT2D eigenvalue weighted by atomic mass is 9.82. The van der Waals surface area contributed by atoms with Crippen molar-refractivity contribution in [1.29, 1.82) is 0 Å². The first kappa shape index (κ1) is 25.5. The Morgan fingerprint density at radius 1 is 1.15 bits per heavy atom. The van der Waals surface area contributed by atoms with Gasteiger partial charge in [0.1, 0.15) is 0 Å². The molecule has 2 aromatic rings. The van der Waals surface area contributed by atoms with E-state index in [0.717, 1.165) is 38.0 Å². The zero-order valence-corrected chi connectivity index (χ0v) is 20.6. The third-order valence-electron chi connectivity index (χ3n) is 6.23. The van der Waals surface area contributed by atoms with Gasteiger partial charge in [-0.1, -0.05) is 43.0 Å². The van der Waals surface area contributed by atoms with Crippen LogP contribution in [0.1, 0.15) is 55.0 Å². The predicted octanol–water partition coefficient (Wildman–Crippen LogP) is 7.41. The molecule has 0 spiro atoms. The van der Waals surface area contributed by atoms with E-state index >= 15 is 0 Å². The van der Waals surface area contributed by atoms with Gasteiger partial charge in [0.2, 0.25) is 0 Å². The molecule has 0 radical (unpaired) electrons. The smallest absolute Gasteiger partial charge is 0.416 e. The van der Waals surface area contributed by atoms with E-state index < -0.39 is 17.7 Å². The second-order valence-corrected chi connectivity index (χ2v) is 9.87. The molecule has 3 rings (SSSR count). The van der Waals surface area contributed by atoms with E-state index in [2.05, 4.69) is 40.6 Å². The van der Waals surface area contributed by atoms with Gasteiger partial charge in [-0.2, -0.15) is 13.2 Å². The largest absolute Gasteiger partial charge is 0.481 e. The molecular formula is C26H27F3INO2. The molecule has 1 saturated heterocycles. The standard InChI is InChI=1S/C26H27F3INO2/c1-16(2)17(3)25(20-6-10-22(30)11-7-20)31-13-12-18(15-24(32)33)14-23(31)19-4-8-21(9-5-19)26(27,28)29/h4-11,18,23,25H,1,3,12-15H2,2H3,(H,32,33)/t18-,23+,25-/m1/s1. The van der Waals surface area contributed by atoms with E-state index in [0.29, 0.717) is 19.4 Å². The van der Waals surface area contributed by atoms with Gasteiger partial charge in [-0.15, -0.1) is 0 Å². The Morgan fingerprint density at radius 3 is 2.27 bits per heavy atom. The number of carbonyl (C=O) groups is 1. The van der Waals surface area contributed by atoms with Gasteiger partial charge < -0.3 is 5.11 Å². The summed E-state index contributed by atoms with van der Waals surface area (Å²) >= 11 is 2.24. The summed E-state index contributed by atoms with van der Waals surface area (Å²) in [6.45, 7) is 10.9. The molecule has 0 saturated carbocycles. The highest BCUT2D eigenvalue weighted by molar-refractivity contribution is 14.1. The van der Waals surface area contributed by atoms with Crippen molar-refractivity contribution in [3.63, 3.8) is 0 Å². The number of halogens is 4. The number of benzene rings is 2. The van der Waals surface area contributed by atoms with Gasteiger partial charge in [0.15, 0.2) is 0 Å². The summed E-state index contributed by atoms with van der Waals surface area (Å²) in [5.41, 5.74) is 2.73. The van der Waals surface area contributed by atoms with Crippen LogP contribution in [0.3, 0.4) is 0 Å². The number of aliphatic carboxylic acids is 1. The minimum absolute atomic E-state index is 0.0423. The Balaban J connectivity index is 2.04. The maximum absolute atomic E-state index is 13.1. The monoisotopic (exact) mass is 569 g/mol. The summed E-state index contributed by atoms with van der Waals surface area (Å²) in [6.07, 6.45) is -3.13. The molecule has 0 aromatic heterocycles. The topological polar surface area (TPSA) is 40.5 Å².